The van der Waals surface area contributed by atoms with E-state index in [0.717, 1.165) is 43.2 Å². The summed E-state index contributed by atoms with van der Waals surface area (Å²) in [7, 11) is -3.24. The number of rotatable bonds is 2. The summed E-state index contributed by atoms with van der Waals surface area (Å²) in [5.74, 6) is 0.484. The van der Waals surface area contributed by atoms with Crippen molar-refractivity contribution in [1.29, 1.82) is 0 Å². The molecule has 0 radical (unpaired) electrons. The smallest absolute Gasteiger partial charge is 0.408 e. The molecular formula is C23H32N2O4S. The molecule has 3 aliphatic rings. The van der Waals surface area contributed by atoms with Crippen LogP contribution >= 0.6 is 0 Å². The summed E-state index contributed by atoms with van der Waals surface area (Å²) in [5.41, 5.74) is 4.06. The number of oxazole rings is 1. The zero-order valence-electron chi connectivity index (χ0n) is 18.5. The first-order valence-corrected chi connectivity index (χ1v) is 12.9. The maximum Gasteiger partial charge on any atom is 0.417 e. The van der Waals surface area contributed by atoms with E-state index in [9.17, 15) is 13.2 Å². The minimum atomic E-state index is -3.24. The molecule has 3 aliphatic carbocycles. The summed E-state index contributed by atoms with van der Waals surface area (Å²) >= 11 is 0. The van der Waals surface area contributed by atoms with Crippen LogP contribution in [-0.4, -0.2) is 25.7 Å². The van der Waals surface area contributed by atoms with Crippen molar-refractivity contribution < 1.29 is 12.8 Å². The number of fused-ring (bicyclic) bond motifs is 7. The molecule has 0 saturated heterocycles. The normalized spacial score (nSPS) is 37.6. The van der Waals surface area contributed by atoms with Crippen molar-refractivity contribution in [3.05, 3.63) is 33.8 Å². The van der Waals surface area contributed by atoms with Gasteiger partial charge in [0.1, 0.15) is 0 Å². The summed E-state index contributed by atoms with van der Waals surface area (Å²) in [6, 6.07) is 4.14. The number of aromatic amines is 1. The molecule has 2 aromatic rings. The molecule has 7 heteroatoms. The Morgan fingerprint density at radius 2 is 1.83 bits per heavy atom. The van der Waals surface area contributed by atoms with Crippen LogP contribution in [0.15, 0.2) is 21.3 Å². The topological polar surface area (TPSA) is 92.2 Å². The fourth-order valence-electron chi connectivity index (χ4n) is 7.82. The van der Waals surface area contributed by atoms with E-state index in [1.165, 1.54) is 17.4 Å². The van der Waals surface area contributed by atoms with E-state index >= 15 is 0 Å². The quantitative estimate of drug-likeness (QED) is 0.757. The van der Waals surface area contributed by atoms with Crippen LogP contribution < -0.4 is 10.5 Å². The fourth-order valence-corrected chi connectivity index (χ4v) is 8.76. The van der Waals surface area contributed by atoms with Crippen LogP contribution in [0.5, 0.6) is 0 Å². The number of hydrogen-bond acceptors (Lipinski definition) is 4. The summed E-state index contributed by atoms with van der Waals surface area (Å²) in [6.07, 6.45) is 6.18. The second-order valence-corrected chi connectivity index (χ2v) is 12.8. The summed E-state index contributed by atoms with van der Waals surface area (Å²) in [5, 5.41) is 0. The van der Waals surface area contributed by atoms with Crippen LogP contribution in [0.1, 0.15) is 64.5 Å². The van der Waals surface area contributed by atoms with Crippen molar-refractivity contribution in [2.24, 2.45) is 22.7 Å². The van der Waals surface area contributed by atoms with Gasteiger partial charge in [-0.1, -0.05) is 33.8 Å². The maximum absolute atomic E-state index is 12.0. The van der Waals surface area contributed by atoms with Crippen molar-refractivity contribution in [3.63, 3.8) is 0 Å². The van der Waals surface area contributed by atoms with Crippen molar-refractivity contribution >= 4 is 21.1 Å². The predicted octanol–water partition coefficient (Wildman–Crippen LogP) is 3.71. The summed E-state index contributed by atoms with van der Waals surface area (Å²) in [6.45, 7) is 9.29. The first-order chi connectivity index (χ1) is 13.9. The molecule has 0 amide bonds. The second kappa shape index (κ2) is 6.00. The molecule has 2 N–H and O–H groups in total. The molecule has 1 aromatic carbocycles. The van der Waals surface area contributed by atoms with Gasteiger partial charge in [0.25, 0.3) is 0 Å². The van der Waals surface area contributed by atoms with Gasteiger partial charge in [-0.15, -0.1) is 0 Å². The zero-order valence-corrected chi connectivity index (χ0v) is 19.3. The van der Waals surface area contributed by atoms with Gasteiger partial charge in [0, 0.05) is 11.6 Å². The highest BCUT2D eigenvalue weighted by molar-refractivity contribution is 7.88. The van der Waals surface area contributed by atoms with Gasteiger partial charge < -0.3 is 4.42 Å². The second-order valence-electron chi connectivity index (χ2n) is 11.1. The number of sulfonamides is 1. The molecule has 0 bridgehead atoms. The van der Waals surface area contributed by atoms with Gasteiger partial charge in [-0.05, 0) is 71.8 Å². The van der Waals surface area contributed by atoms with Gasteiger partial charge in [0.2, 0.25) is 10.0 Å². The van der Waals surface area contributed by atoms with Gasteiger partial charge >= 0.3 is 5.76 Å². The zero-order chi connectivity index (χ0) is 21.7. The molecule has 6 nitrogen and oxygen atoms in total. The highest BCUT2D eigenvalue weighted by Gasteiger charge is 2.63. The third-order valence-electron chi connectivity index (χ3n) is 9.15. The lowest BCUT2D eigenvalue weighted by atomic mass is 9.43. The van der Waals surface area contributed by atoms with E-state index in [4.69, 9.17) is 4.42 Å². The van der Waals surface area contributed by atoms with Crippen LogP contribution in [0.25, 0.3) is 11.1 Å². The van der Waals surface area contributed by atoms with Crippen LogP contribution in [0.3, 0.4) is 0 Å². The number of benzene rings is 1. The summed E-state index contributed by atoms with van der Waals surface area (Å²) in [4.78, 5) is 14.6. The van der Waals surface area contributed by atoms with E-state index in [-0.39, 0.29) is 22.3 Å². The molecule has 5 unspecified atom stereocenters. The van der Waals surface area contributed by atoms with Crippen molar-refractivity contribution in [2.45, 2.75) is 71.3 Å². The lowest BCUT2D eigenvalue weighted by Crippen LogP contribution is -2.61. The van der Waals surface area contributed by atoms with E-state index in [1.54, 1.807) is 0 Å². The fraction of sp³-hybridized carbons (Fsp3) is 0.696. The average Bonchev–Trinajstić information content (AvgIpc) is 3.14. The van der Waals surface area contributed by atoms with Gasteiger partial charge in [-0.25, -0.2) is 17.9 Å². The standard InChI is InChI=1S/C23H32N2O4S/c1-21(2)16-8-10-22(3)14-6-7-15-19(29-20(26)24-15)13(14)12-17(22)23(16,4)11-9-18(21)25-30(5,27)28/h6-7,16-18,25H,8-12H2,1-5H3,(H,24,26). The SMILES string of the molecule is CC12CCC3C(C)(C)C(NS(C)(=O)=O)CCC3(C)C1Cc1c2ccc2[nH]c(=O)oc12. The van der Waals surface area contributed by atoms with E-state index in [0.29, 0.717) is 11.8 Å². The molecule has 5 atom stereocenters. The molecule has 0 spiro atoms. The Bertz CT molecular complexity index is 1190. The monoisotopic (exact) mass is 432 g/mol. The molecule has 30 heavy (non-hydrogen) atoms. The number of H-pyrrole nitrogens is 1. The van der Waals surface area contributed by atoms with Gasteiger partial charge in [-0.3, -0.25) is 4.98 Å². The molecule has 164 valence electrons. The number of nitrogens with one attached hydrogen (secondary N) is 2. The first kappa shape index (κ1) is 20.3. The lowest BCUT2D eigenvalue weighted by Gasteiger charge is -2.63. The Kier molecular flexibility index (Phi) is 4.06. The highest BCUT2D eigenvalue weighted by atomic mass is 32.2. The molecule has 0 aliphatic heterocycles. The van der Waals surface area contributed by atoms with Crippen LogP contribution in [-0.2, 0) is 21.9 Å². The highest BCUT2D eigenvalue weighted by Crippen LogP contribution is 2.67. The average molecular weight is 433 g/mol. The van der Waals surface area contributed by atoms with E-state index in [1.807, 2.05) is 6.07 Å². The first-order valence-electron chi connectivity index (χ1n) is 11.0. The summed E-state index contributed by atoms with van der Waals surface area (Å²) < 4.78 is 32.5. The van der Waals surface area contributed by atoms with Crippen LogP contribution in [0.2, 0.25) is 0 Å². The molecular weight excluding hydrogens is 400 g/mol. The molecule has 5 rings (SSSR count). The predicted molar refractivity (Wildman–Crippen MR) is 117 cm³/mol. The van der Waals surface area contributed by atoms with Gasteiger partial charge in [0.15, 0.2) is 5.58 Å². The Hall–Kier alpha value is -1.60. The lowest BCUT2D eigenvalue weighted by molar-refractivity contribution is -0.109. The third kappa shape index (κ3) is 2.63. The Balaban J connectivity index is 1.58. The number of hydrogen-bond donors (Lipinski definition) is 2. The largest absolute Gasteiger partial charge is 0.417 e. The third-order valence-corrected chi connectivity index (χ3v) is 9.87. The molecule has 2 saturated carbocycles. The number of aromatic nitrogens is 1. The Morgan fingerprint density at radius 1 is 1.10 bits per heavy atom. The van der Waals surface area contributed by atoms with E-state index < -0.39 is 15.8 Å². The van der Waals surface area contributed by atoms with Crippen molar-refractivity contribution in [2.75, 3.05) is 6.26 Å². The van der Waals surface area contributed by atoms with Crippen LogP contribution in [0, 0.1) is 22.7 Å². The minimum Gasteiger partial charge on any atom is -0.408 e. The molecule has 1 aromatic heterocycles. The van der Waals surface area contributed by atoms with Gasteiger partial charge in [0.05, 0.1) is 11.8 Å². The van der Waals surface area contributed by atoms with Crippen molar-refractivity contribution in [3.8, 4) is 0 Å². The minimum absolute atomic E-state index is 0.0342. The Labute approximate surface area is 177 Å². The van der Waals surface area contributed by atoms with E-state index in [2.05, 4.69) is 43.5 Å². The molecule has 1 heterocycles. The molecule has 2 fully saturated rings. The maximum atomic E-state index is 12.0. The van der Waals surface area contributed by atoms with Crippen LogP contribution in [0.4, 0.5) is 0 Å². The van der Waals surface area contributed by atoms with Gasteiger partial charge in [-0.2, -0.15) is 0 Å². The van der Waals surface area contributed by atoms with Crippen molar-refractivity contribution in [1.82, 2.24) is 9.71 Å². The Morgan fingerprint density at radius 3 is 2.53 bits per heavy atom.